The molecule has 0 saturated heterocycles. The van der Waals surface area contributed by atoms with Crippen molar-refractivity contribution in [3.63, 3.8) is 0 Å². The van der Waals surface area contributed by atoms with Crippen LogP contribution in [0.3, 0.4) is 0 Å². The summed E-state index contributed by atoms with van der Waals surface area (Å²) in [5.74, 6) is 0. The smallest absolute Gasteiger partial charge is 0.0276 e. The topological polar surface area (TPSA) is 0 Å². The molecule has 1 aromatic carbocycles. The van der Waals surface area contributed by atoms with E-state index in [0.717, 1.165) is 0 Å². The molecule has 74 valence electrons. The summed E-state index contributed by atoms with van der Waals surface area (Å²) < 4.78 is 0. The highest BCUT2D eigenvalue weighted by molar-refractivity contribution is 5.40. The molecule has 3 rings (SSSR count). The molecule has 0 radical (unpaired) electrons. The van der Waals surface area contributed by atoms with Gasteiger partial charge in [0.25, 0.3) is 0 Å². The van der Waals surface area contributed by atoms with Crippen LogP contribution < -0.4 is 0 Å². The second kappa shape index (κ2) is 3.42. The van der Waals surface area contributed by atoms with Crippen LogP contribution in [0.25, 0.3) is 0 Å². The van der Waals surface area contributed by atoms with Crippen molar-refractivity contribution in [1.29, 1.82) is 0 Å². The van der Waals surface area contributed by atoms with Crippen molar-refractivity contribution in [2.75, 3.05) is 0 Å². The van der Waals surface area contributed by atoms with Crippen molar-refractivity contribution in [3.8, 4) is 0 Å². The Bertz CT molecular complexity index is 283. The first-order valence-corrected chi connectivity index (χ1v) is 6.07. The van der Waals surface area contributed by atoms with Gasteiger partial charge in [0.15, 0.2) is 0 Å². The van der Waals surface area contributed by atoms with Crippen LogP contribution in [0.15, 0.2) is 12.1 Å². The zero-order valence-corrected chi connectivity index (χ0v) is 8.81. The predicted octanol–water partition coefficient (Wildman–Crippen LogP) is 3.44. The summed E-state index contributed by atoms with van der Waals surface area (Å²) in [6, 6.07) is 5.03. The van der Waals surface area contributed by atoms with Gasteiger partial charge in [-0.15, -0.1) is 0 Å². The first-order valence-electron chi connectivity index (χ1n) is 6.07. The van der Waals surface area contributed by atoms with Gasteiger partial charge in [0.1, 0.15) is 0 Å². The van der Waals surface area contributed by atoms with Crippen LogP contribution in [0.1, 0.15) is 47.9 Å². The monoisotopic (exact) mass is 186 g/mol. The van der Waals surface area contributed by atoms with E-state index in [1.165, 1.54) is 51.4 Å². The maximum Gasteiger partial charge on any atom is -0.0276 e. The van der Waals surface area contributed by atoms with Gasteiger partial charge in [0.05, 0.1) is 0 Å². The van der Waals surface area contributed by atoms with Gasteiger partial charge in [-0.05, 0) is 73.6 Å². The Hall–Kier alpha value is -0.780. The molecule has 0 nitrogen and oxygen atoms in total. The molecule has 0 spiro atoms. The maximum atomic E-state index is 2.52. The van der Waals surface area contributed by atoms with Crippen molar-refractivity contribution in [1.82, 2.24) is 0 Å². The fourth-order valence-corrected chi connectivity index (χ4v) is 2.98. The highest BCUT2D eigenvalue weighted by atomic mass is 14.2. The maximum absolute atomic E-state index is 2.52. The van der Waals surface area contributed by atoms with E-state index in [1.807, 2.05) is 0 Å². The van der Waals surface area contributed by atoms with Gasteiger partial charge in [-0.2, -0.15) is 0 Å². The van der Waals surface area contributed by atoms with Gasteiger partial charge in [-0.25, -0.2) is 0 Å². The summed E-state index contributed by atoms with van der Waals surface area (Å²) in [4.78, 5) is 0. The van der Waals surface area contributed by atoms with Gasteiger partial charge in [0, 0.05) is 0 Å². The molecule has 0 aromatic heterocycles. The minimum Gasteiger partial charge on any atom is -0.0553 e. The van der Waals surface area contributed by atoms with Gasteiger partial charge in [0.2, 0.25) is 0 Å². The van der Waals surface area contributed by atoms with Crippen molar-refractivity contribution >= 4 is 0 Å². The lowest BCUT2D eigenvalue weighted by atomic mass is 9.83. The zero-order valence-electron chi connectivity index (χ0n) is 8.81. The summed E-state index contributed by atoms with van der Waals surface area (Å²) in [6.07, 6.45) is 11.0. The average molecular weight is 186 g/mol. The van der Waals surface area contributed by atoms with Gasteiger partial charge < -0.3 is 0 Å². The Labute approximate surface area is 86.3 Å². The van der Waals surface area contributed by atoms with Crippen LogP contribution in [-0.4, -0.2) is 0 Å². The van der Waals surface area contributed by atoms with E-state index in [0.29, 0.717) is 0 Å². The predicted molar refractivity (Wildman–Crippen MR) is 59.7 cm³/mol. The van der Waals surface area contributed by atoms with Crippen LogP contribution in [0, 0.1) is 0 Å². The molecule has 2 aliphatic carbocycles. The van der Waals surface area contributed by atoms with E-state index >= 15 is 0 Å². The molecular formula is C14H18. The molecule has 1 aromatic rings. The van der Waals surface area contributed by atoms with E-state index in [9.17, 15) is 0 Å². The molecule has 0 fully saturated rings. The fraction of sp³-hybridized carbons (Fsp3) is 0.571. The number of fused-ring (bicyclic) bond motifs is 2. The van der Waals surface area contributed by atoms with Gasteiger partial charge in [-0.1, -0.05) is 12.1 Å². The number of rotatable bonds is 0. The quantitative estimate of drug-likeness (QED) is 0.582. The van der Waals surface area contributed by atoms with Crippen LogP contribution >= 0.6 is 0 Å². The van der Waals surface area contributed by atoms with E-state index in [2.05, 4.69) is 12.1 Å². The van der Waals surface area contributed by atoms with Crippen molar-refractivity contribution < 1.29 is 0 Å². The molecule has 0 bridgehead atoms. The van der Waals surface area contributed by atoms with Crippen LogP contribution in [0.4, 0.5) is 0 Å². The Morgan fingerprint density at radius 3 is 1.07 bits per heavy atom. The van der Waals surface area contributed by atoms with Crippen LogP contribution in [-0.2, 0) is 25.7 Å². The summed E-state index contributed by atoms with van der Waals surface area (Å²) in [6.45, 7) is 0. The number of aryl methyl sites for hydroxylation is 4. The standard InChI is InChI=1S/C14H18/c1-2-6-12-10-14-8-4-3-7-13(14)9-11(12)5-1/h9-10H,1-8H2. The molecule has 14 heavy (non-hydrogen) atoms. The first-order chi connectivity index (χ1) is 6.93. The van der Waals surface area contributed by atoms with E-state index in [-0.39, 0.29) is 0 Å². The average Bonchev–Trinajstić information content (AvgIpc) is 2.26. The molecule has 0 N–H and O–H groups in total. The molecule has 0 atom stereocenters. The molecule has 0 unspecified atom stereocenters. The van der Waals surface area contributed by atoms with Crippen molar-refractivity contribution in [2.24, 2.45) is 0 Å². The second-order valence-corrected chi connectivity index (χ2v) is 4.80. The Kier molecular flexibility index (Phi) is 2.08. The van der Waals surface area contributed by atoms with E-state index < -0.39 is 0 Å². The SMILES string of the molecule is c1c2c(cc3c1CCCC3)CCCC2. The Morgan fingerprint density at radius 1 is 0.500 bits per heavy atom. The molecular weight excluding hydrogens is 168 g/mol. The molecule has 0 amide bonds. The van der Waals surface area contributed by atoms with Crippen LogP contribution in [0.5, 0.6) is 0 Å². The van der Waals surface area contributed by atoms with E-state index in [4.69, 9.17) is 0 Å². The van der Waals surface area contributed by atoms with Crippen molar-refractivity contribution in [3.05, 3.63) is 34.4 Å². The normalized spacial score (nSPS) is 20.0. The third-order valence-electron chi connectivity index (χ3n) is 3.81. The van der Waals surface area contributed by atoms with Crippen LogP contribution in [0.2, 0.25) is 0 Å². The number of benzene rings is 1. The third-order valence-corrected chi connectivity index (χ3v) is 3.81. The molecule has 2 aliphatic rings. The Morgan fingerprint density at radius 2 is 0.786 bits per heavy atom. The molecule has 0 heteroatoms. The third kappa shape index (κ3) is 1.37. The van der Waals surface area contributed by atoms with Gasteiger partial charge in [-0.3, -0.25) is 0 Å². The van der Waals surface area contributed by atoms with Crippen molar-refractivity contribution in [2.45, 2.75) is 51.4 Å². The highest BCUT2D eigenvalue weighted by Crippen LogP contribution is 2.29. The lowest BCUT2D eigenvalue weighted by Gasteiger charge is -2.22. The largest absolute Gasteiger partial charge is 0.0553 e. The highest BCUT2D eigenvalue weighted by Gasteiger charge is 2.15. The number of hydrogen-bond acceptors (Lipinski definition) is 0. The summed E-state index contributed by atoms with van der Waals surface area (Å²) in [5.41, 5.74) is 6.66. The molecule has 0 saturated carbocycles. The Balaban J connectivity index is 2.06. The second-order valence-electron chi connectivity index (χ2n) is 4.80. The van der Waals surface area contributed by atoms with E-state index in [1.54, 1.807) is 22.3 Å². The summed E-state index contributed by atoms with van der Waals surface area (Å²) in [7, 11) is 0. The first kappa shape index (κ1) is 8.52. The lowest BCUT2D eigenvalue weighted by molar-refractivity contribution is 0.658. The zero-order chi connectivity index (χ0) is 9.38. The fourth-order valence-electron chi connectivity index (χ4n) is 2.98. The minimum absolute atomic E-state index is 1.34. The summed E-state index contributed by atoms with van der Waals surface area (Å²) in [5, 5.41) is 0. The van der Waals surface area contributed by atoms with Gasteiger partial charge >= 0.3 is 0 Å². The molecule has 0 heterocycles. The number of hydrogen-bond donors (Lipinski definition) is 0. The summed E-state index contributed by atoms with van der Waals surface area (Å²) >= 11 is 0. The lowest BCUT2D eigenvalue weighted by Crippen LogP contribution is -2.09. The minimum atomic E-state index is 1.34. The molecule has 0 aliphatic heterocycles.